The van der Waals surface area contributed by atoms with Crippen LogP contribution in [0, 0.1) is 0 Å². The fourth-order valence-electron chi connectivity index (χ4n) is 2.36. The molecule has 1 saturated heterocycles. The molecule has 0 aromatic rings. The average molecular weight is 242 g/mol. The molecule has 2 rings (SSSR count). The van der Waals surface area contributed by atoms with Crippen molar-refractivity contribution in [2.24, 2.45) is 0 Å². The average Bonchev–Trinajstić information content (AvgIpc) is 3.01. The number of aliphatic carboxylic acids is 1. The maximum Gasteiger partial charge on any atom is 0.326 e. The van der Waals surface area contributed by atoms with E-state index in [4.69, 9.17) is 5.11 Å². The third-order valence-electron chi connectivity index (χ3n) is 3.38. The molecule has 2 atom stereocenters. The second kappa shape index (κ2) is 4.52. The third-order valence-corrected chi connectivity index (χ3v) is 3.38. The van der Waals surface area contributed by atoms with Crippen molar-refractivity contribution < 1.29 is 19.8 Å². The number of nitrogens with zero attached hydrogens (tertiary/aromatic N) is 2. The Morgan fingerprint density at radius 1 is 1.41 bits per heavy atom. The Hall–Kier alpha value is -1.30. The van der Waals surface area contributed by atoms with Crippen molar-refractivity contribution in [3.05, 3.63) is 0 Å². The predicted molar refractivity (Wildman–Crippen MR) is 59.6 cm³/mol. The molecule has 0 aromatic heterocycles. The van der Waals surface area contributed by atoms with Crippen molar-refractivity contribution in [1.29, 1.82) is 0 Å². The van der Waals surface area contributed by atoms with Gasteiger partial charge in [-0.1, -0.05) is 0 Å². The Balaban J connectivity index is 2.08. The number of rotatable bonds is 3. The number of carbonyl (C=O) groups is 2. The summed E-state index contributed by atoms with van der Waals surface area (Å²) in [6, 6.07) is -0.871. The number of carboxylic acids is 1. The van der Waals surface area contributed by atoms with Crippen LogP contribution in [-0.4, -0.2) is 63.3 Å². The van der Waals surface area contributed by atoms with Crippen LogP contribution < -0.4 is 0 Å². The summed E-state index contributed by atoms with van der Waals surface area (Å²) >= 11 is 0. The van der Waals surface area contributed by atoms with E-state index in [9.17, 15) is 14.7 Å². The van der Waals surface area contributed by atoms with Gasteiger partial charge in [0.25, 0.3) is 0 Å². The van der Waals surface area contributed by atoms with Crippen LogP contribution >= 0.6 is 0 Å². The third kappa shape index (κ3) is 2.36. The first-order chi connectivity index (χ1) is 8.04. The number of amides is 2. The largest absolute Gasteiger partial charge is 0.480 e. The molecule has 0 unspecified atom stereocenters. The molecule has 0 aromatic carbocycles. The summed E-state index contributed by atoms with van der Waals surface area (Å²) in [6.07, 6.45) is 1.39. The smallest absolute Gasteiger partial charge is 0.326 e. The molecule has 6 nitrogen and oxygen atoms in total. The second-order valence-corrected chi connectivity index (χ2v) is 4.70. The molecule has 17 heavy (non-hydrogen) atoms. The summed E-state index contributed by atoms with van der Waals surface area (Å²) < 4.78 is 0. The fourth-order valence-corrected chi connectivity index (χ4v) is 2.36. The highest BCUT2D eigenvalue weighted by Crippen LogP contribution is 2.29. The van der Waals surface area contributed by atoms with Gasteiger partial charge in [-0.05, 0) is 19.8 Å². The SMILES string of the molecule is CCN(C(=O)N1C[C@@H](O)C[C@H]1C(=O)O)C1CC1. The van der Waals surface area contributed by atoms with E-state index in [0.717, 1.165) is 12.8 Å². The van der Waals surface area contributed by atoms with Gasteiger partial charge in [-0.3, -0.25) is 0 Å². The van der Waals surface area contributed by atoms with Gasteiger partial charge in [0.05, 0.1) is 6.10 Å². The van der Waals surface area contributed by atoms with Gasteiger partial charge in [0.2, 0.25) is 0 Å². The second-order valence-electron chi connectivity index (χ2n) is 4.70. The molecule has 2 fully saturated rings. The number of aliphatic hydroxyl groups excluding tert-OH is 1. The van der Waals surface area contributed by atoms with Gasteiger partial charge in [0.15, 0.2) is 0 Å². The van der Waals surface area contributed by atoms with Crippen LogP contribution in [0.3, 0.4) is 0 Å². The van der Waals surface area contributed by atoms with E-state index < -0.39 is 18.1 Å². The molecule has 6 heteroatoms. The Morgan fingerprint density at radius 3 is 2.53 bits per heavy atom. The van der Waals surface area contributed by atoms with Gasteiger partial charge in [-0.15, -0.1) is 0 Å². The number of likely N-dealkylation sites (tertiary alicyclic amines) is 1. The van der Waals surface area contributed by atoms with E-state index >= 15 is 0 Å². The molecule has 0 bridgehead atoms. The molecule has 96 valence electrons. The lowest BCUT2D eigenvalue weighted by Gasteiger charge is -2.29. The van der Waals surface area contributed by atoms with E-state index in [1.807, 2.05) is 6.92 Å². The highest BCUT2D eigenvalue weighted by atomic mass is 16.4. The normalized spacial score (nSPS) is 28.2. The predicted octanol–water partition coefficient (Wildman–Crippen LogP) is 0.111. The quantitative estimate of drug-likeness (QED) is 0.736. The van der Waals surface area contributed by atoms with Gasteiger partial charge in [0, 0.05) is 25.6 Å². The molecule has 1 saturated carbocycles. The Morgan fingerprint density at radius 2 is 2.06 bits per heavy atom. The van der Waals surface area contributed by atoms with E-state index in [1.54, 1.807) is 4.90 Å². The highest BCUT2D eigenvalue weighted by molar-refractivity contribution is 5.83. The van der Waals surface area contributed by atoms with Crippen LogP contribution in [-0.2, 0) is 4.79 Å². The van der Waals surface area contributed by atoms with E-state index in [1.165, 1.54) is 4.90 Å². The van der Waals surface area contributed by atoms with Gasteiger partial charge < -0.3 is 20.0 Å². The standard InChI is InChI=1S/C11H18N2O4/c1-2-12(7-3-4-7)11(17)13-6-8(14)5-9(13)10(15)16/h7-9,14H,2-6H2,1H3,(H,15,16)/t8-,9-/m0/s1. The van der Waals surface area contributed by atoms with Crippen LogP contribution in [0.15, 0.2) is 0 Å². The summed E-state index contributed by atoms with van der Waals surface area (Å²) in [5.74, 6) is -1.04. The summed E-state index contributed by atoms with van der Waals surface area (Å²) in [4.78, 5) is 26.2. The van der Waals surface area contributed by atoms with E-state index in [-0.39, 0.29) is 25.0 Å². The van der Waals surface area contributed by atoms with Gasteiger partial charge in [0.1, 0.15) is 6.04 Å². The highest BCUT2D eigenvalue weighted by Gasteiger charge is 2.43. The fraction of sp³-hybridized carbons (Fsp3) is 0.818. The first-order valence-electron chi connectivity index (χ1n) is 6.02. The van der Waals surface area contributed by atoms with Crippen LogP contribution in [0.5, 0.6) is 0 Å². The lowest BCUT2D eigenvalue weighted by atomic mass is 10.2. The van der Waals surface area contributed by atoms with Crippen molar-refractivity contribution in [3.63, 3.8) is 0 Å². The molecule has 1 aliphatic heterocycles. The minimum atomic E-state index is -1.04. The zero-order valence-corrected chi connectivity index (χ0v) is 9.87. The number of aliphatic hydroxyl groups is 1. The van der Waals surface area contributed by atoms with Crippen LogP contribution in [0.4, 0.5) is 4.79 Å². The molecule has 1 aliphatic carbocycles. The summed E-state index contributed by atoms with van der Waals surface area (Å²) in [5, 5.41) is 18.5. The molecule has 1 heterocycles. The lowest BCUT2D eigenvalue weighted by Crippen LogP contribution is -2.48. The molecule has 2 N–H and O–H groups in total. The molecular weight excluding hydrogens is 224 g/mol. The number of urea groups is 1. The van der Waals surface area contributed by atoms with Crippen LogP contribution in [0.25, 0.3) is 0 Å². The minimum absolute atomic E-state index is 0.124. The van der Waals surface area contributed by atoms with E-state index in [2.05, 4.69) is 0 Å². The van der Waals surface area contributed by atoms with Crippen molar-refractivity contribution in [2.75, 3.05) is 13.1 Å². The monoisotopic (exact) mass is 242 g/mol. The Bertz CT molecular complexity index is 329. The number of hydrogen-bond donors (Lipinski definition) is 2. The summed E-state index contributed by atoms with van der Waals surface area (Å²) in [7, 11) is 0. The molecule has 2 amide bonds. The van der Waals surface area contributed by atoms with E-state index in [0.29, 0.717) is 6.54 Å². The van der Waals surface area contributed by atoms with Crippen LogP contribution in [0.2, 0.25) is 0 Å². The number of hydrogen-bond acceptors (Lipinski definition) is 3. The van der Waals surface area contributed by atoms with Gasteiger partial charge in [-0.25, -0.2) is 9.59 Å². The summed E-state index contributed by atoms with van der Waals surface area (Å²) in [6.45, 7) is 2.60. The Kier molecular flexibility index (Phi) is 3.24. The molecular formula is C11H18N2O4. The first-order valence-corrected chi connectivity index (χ1v) is 6.02. The number of carbonyl (C=O) groups excluding carboxylic acids is 1. The van der Waals surface area contributed by atoms with Gasteiger partial charge in [-0.2, -0.15) is 0 Å². The van der Waals surface area contributed by atoms with Crippen molar-refractivity contribution in [1.82, 2.24) is 9.80 Å². The summed E-state index contributed by atoms with van der Waals surface area (Å²) in [5.41, 5.74) is 0. The molecule has 0 radical (unpaired) electrons. The van der Waals surface area contributed by atoms with Crippen molar-refractivity contribution >= 4 is 12.0 Å². The zero-order valence-electron chi connectivity index (χ0n) is 9.87. The van der Waals surface area contributed by atoms with Crippen LogP contribution in [0.1, 0.15) is 26.2 Å². The molecule has 0 spiro atoms. The Labute approximate surface area is 99.8 Å². The first kappa shape index (κ1) is 12.2. The maximum absolute atomic E-state index is 12.2. The van der Waals surface area contributed by atoms with Crippen molar-refractivity contribution in [3.8, 4) is 0 Å². The lowest BCUT2D eigenvalue weighted by molar-refractivity contribution is -0.141. The maximum atomic E-state index is 12.2. The zero-order chi connectivity index (χ0) is 12.6. The molecule has 2 aliphatic rings. The number of β-amino-alcohol motifs (C(OH)–C–C–N with tert-alkyl or cyclic N) is 1. The topological polar surface area (TPSA) is 81.1 Å². The minimum Gasteiger partial charge on any atom is -0.480 e. The van der Waals surface area contributed by atoms with Gasteiger partial charge >= 0.3 is 12.0 Å². The van der Waals surface area contributed by atoms with Crippen molar-refractivity contribution in [2.45, 2.75) is 44.4 Å². The number of carboxylic acid groups (broad SMARTS) is 1.